The zero-order valence-electron chi connectivity index (χ0n) is 6.20. The van der Waals surface area contributed by atoms with Crippen molar-refractivity contribution in [3.63, 3.8) is 0 Å². The lowest BCUT2D eigenvalue weighted by Crippen LogP contribution is -1.98. The van der Waals surface area contributed by atoms with Gasteiger partial charge < -0.3 is 0 Å². The molecule has 0 radical (unpaired) electrons. The fourth-order valence-corrected chi connectivity index (χ4v) is 1.54. The van der Waals surface area contributed by atoms with Crippen molar-refractivity contribution in [3.05, 3.63) is 27.7 Å². The molecule has 72 valence electrons. The van der Waals surface area contributed by atoms with Gasteiger partial charge in [0.1, 0.15) is 4.60 Å². The lowest BCUT2D eigenvalue weighted by atomic mass is 10.2. The Bertz CT molecular complexity index is 317. The molecule has 1 aromatic heterocycles. The zero-order valence-corrected chi connectivity index (χ0v) is 9.37. The quantitative estimate of drug-likeness (QED) is 0.597. The first-order valence-electron chi connectivity index (χ1n) is 3.25. The Kier molecular flexibility index (Phi) is 3.73. The number of hydrogen-bond acceptors (Lipinski definition) is 1. The number of nitrogens with zero attached hydrogens (tertiary/aromatic N) is 1. The molecule has 1 nitrogen and oxygen atoms in total. The minimum absolute atomic E-state index is 0.181. The molecular formula is C7H4Br2F3N. The maximum Gasteiger partial charge on any atom is 0.266 e. The highest BCUT2D eigenvalue weighted by atomic mass is 79.9. The minimum atomic E-state index is -2.82. The van der Waals surface area contributed by atoms with Crippen molar-refractivity contribution in [2.45, 2.75) is 11.8 Å². The molecule has 1 aromatic rings. The van der Waals surface area contributed by atoms with E-state index in [1.165, 1.54) is 0 Å². The highest BCUT2D eigenvalue weighted by molar-refractivity contribution is 9.10. The number of pyridine rings is 1. The highest BCUT2D eigenvalue weighted by Gasteiger charge is 2.17. The van der Waals surface area contributed by atoms with Crippen LogP contribution in [0.1, 0.15) is 17.7 Å². The van der Waals surface area contributed by atoms with E-state index in [4.69, 9.17) is 0 Å². The van der Waals surface area contributed by atoms with Crippen LogP contribution in [0.15, 0.2) is 10.7 Å². The Morgan fingerprint density at radius 2 is 2.08 bits per heavy atom. The summed E-state index contributed by atoms with van der Waals surface area (Å²) in [7, 11) is 0. The van der Waals surface area contributed by atoms with E-state index in [2.05, 4.69) is 36.8 Å². The summed E-state index contributed by atoms with van der Waals surface area (Å²) in [5.41, 5.74) is -0.264. The van der Waals surface area contributed by atoms with Gasteiger partial charge >= 0.3 is 0 Å². The van der Waals surface area contributed by atoms with Gasteiger partial charge in [-0.2, -0.15) is 0 Å². The molecule has 0 aliphatic heterocycles. The van der Waals surface area contributed by atoms with Crippen molar-refractivity contribution < 1.29 is 13.2 Å². The number of aromatic nitrogens is 1. The first-order chi connectivity index (χ1) is 6.06. The molecule has 0 N–H and O–H groups in total. The van der Waals surface area contributed by atoms with E-state index in [9.17, 15) is 13.2 Å². The van der Waals surface area contributed by atoms with Crippen LogP contribution in [-0.2, 0) is 5.33 Å². The van der Waals surface area contributed by atoms with Crippen molar-refractivity contribution in [3.8, 4) is 0 Å². The maximum absolute atomic E-state index is 13.0. The summed E-state index contributed by atoms with van der Waals surface area (Å²) in [5.74, 6) is -1.00. The van der Waals surface area contributed by atoms with Crippen molar-refractivity contribution in [2.75, 3.05) is 0 Å². The third kappa shape index (κ3) is 2.43. The Hall–Kier alpha value is -0.100. The molecular weight excluding hydrogens is 315 g/mol. The van der Waals surface area contributed by atoms with Gasteiger partial charge in [0.05, 0.1) is 11.3 Å². The number of rotatable bonds is 2. The second-order valence-electron chi connectivity index (χ2n) is 2.24. The first-order valence-corrected chi connectivity index (χ1v) is 5.16. The van der Waals surface area contributed by atoms with Gasteiger partial charge in [-0.25, -0.2) is 18.2 Å². The summed E-state index contributed by atoms with van der Waals surface area (Å²) in [4.78, 5) is 3.70. The molecule has 0 spiro atoms. The average Bonchev–Trinajstić information content (AvgIpc) is 2.09. The smallest absolute Gasteiger partial charge is 0.242 e. The third-order valence-electron chi connectivity index (χ3n) is 1.37. The normalized spacial score (nSPS) is 10.9. The molecule has 13 heavy (non-hydrogen) atoms. The van der Waals surface area contributed by atoms with Gasteiger partial charge in [0.25, 0.3) is 6.43 Å². The Balaban J connectivity index is 3.25. The van der Waals surface area contributed by atoms with Gasteiger partial charge in [-0.05, 0) is 22.0 Å². The number of alkyl halides is 3. The third-order valence-corrected chi connectivity index (χ3v) is 2.47. The SMILES string of the molecule is Fc1c(C(F)F)cc(CBr)nc1Br. The summed E-state index contributed by atoms with van der Waals surface area (Å²) in [6.45, 7) is 0. The van der Waals surface area contributed by atoms with E-state index in [0.29, 0.717) is 11.0 Å². The van der Waals surface area contributed by atoms with Crippen LogP contribution in [0.5, 0.6) is 0 Å². The van der Waals surface area contributed by atoms with E-state index in [-0.39, 0.29) is 4.60 Å². The van der Waals surface area contributed by atoms with Crippen molar-refractivity contribution in [1.29, 1.82) is 0 Å². The maximum atomic E-state index is 13.0. The molecule has 0 atom stereocenters. The molecule has 0 saturated carbocycles. The Morgan fingerprint density at radius 3 is 2.54 bits per heavy atom. The van der Waals surface area contributed by atoms with Crippen molar-refractivity contribution >= 4 is 31.9 Å². The minimum Gasteiger partial charge on any atom is -0.242 e. The summed E-state index contributed by atoms with van der Waals surface area (Å²) in [5, 5.41) is 0.311. The van der Waals surface area contributed by atoms with Crippen LogP contribution in [0.2, 0.25) is 0 Å². The predicted octanol–water partition coefficient (Wildman–Crippen LogP) is 3.82. The van der Waals surface area contributed by atoms with Crippen LogP contribution >= 0.6 is 31.9 Å². The summed E-state index contributed by atoms with van der Waals surface area (Å²) in [6, 6.07) is 1.04. The number of hydrogen-bond donors (Lipinski definition) is 0. The standard InChI is InChI=1S/C7H4Br2F3N/c8-2-3-1-4(7(11)12)5(10)6(9)13-3/h1,7H,2H2. The zero-order chi connectivity index (χ0) is 10.0. The molecule has 6 heteroatoms. The van der Waals surface area contributed by atoms with Crippen LogP contribution in [-0.4, -0.2) is 4.98 Å². The van der Waals surface area contributed by atoms with Crippen LogP contribution in [0.4, 0.5) is 13.2 Å². The Labute approximate surface area is 89.6 Å². The van der Waals surface area contributed by atoms with Crippen LogP contribution in [0.3, 0.4) is 0 Å². The van der Waals surface area contributed by atoms with Gasteiger partial charge in [0, 0.05) is 5.33 Å². The second-order valence-corrected chi connectivity index (χ2v) is 3.55. The van der Waals surface area contributed by atoms with Gasteiger partial charge in [-0.3, -0.25) is 0 Å². The molecule has 0 fully saturated rings. The van der Waals surface area contributed by atoms with Crippen LogP contribution in [0.25, 0.3) is 0 Å². The van der Waals surface area contributed by atoms with Gasteiger partial charge in [-0.1, -0.05) is 15.9 Å². The van der Waals surface area contributed by atoms with E-state index >= 15 is 0 Å². The highest BCUT2D eigenvalue weighted by Crippen LogP contribution is 2.27. The fraction of sp³-hybridized carbons (Fsp3) is 0.286. The van der Waals surface area contributed by atoms with E-state index in [0.717, 1.165) is 6.07 Å². The predicted molar refractivity (Wildman–Crippen MR) is 49.5 cm³/mol. The molecule has 0 unspecified atom stereocenters. The van der Waals surface area contributed by atoms with E-state index < -0.39 is 17.8 Å². The molecule has 0 aliphatic carbocycles. The lowest BCUT2D eigenvalue weighted by molar-refractivity contribution is 0.146. The van der Waals surface area contributed by atoms with Crippen molar-refractivity contribution in [1.82, 2.24) is 4.98 Å². The summed E-state index contributed by atoms with van der Waals surface area (Å²) >= 11 is 5.81. The summed E-state index contributed by atoms with van der Waals surface area (Å²) in [6.07, 6.45) is -2.82. The van der Waals surface area contributed by atoms with Crippen LogP contribution in [0, 0.1) is 5.82 Å². The molecule has 0 aromatic carbocycles. The molecule has 0 bridgehead atoms. The van der Waals surface area contributed by atoms with Crippen molar-refractivity contribution in [2.24, 2.45) is 0 Å². The topological polar surface area (TPSA) is 12.9 Å². The fourth-order valence-electron chi connectivity index (χ4n) is 0.797. The summed E-state index contributed by atoms with van der Waals surface area (Å²) < 4.78 is 37.2. The number of halogens is 5. The van der Waals surface area contributed by atoms with E-state index in [1.807, 2.05) is 0 Å². The molecule has 0 amide bonds. The molecule has 0 saturated heterocycles. The van der Waals surface area contributed by atoms with Crippen LogP contribution < -0.4 is 0 Å². The largest absolute Gasteiger partial charge is 0.266 e. The van der Waals surface area contributed by atoms with Gasteiger partial charge in [-0.15, -0.1) is 0 Å². The first kappa shape index (κ1) is 11.0. The second kappa shape index (κ2) is 4.41. The van der Waals surface area contributed by atoms with Gasteiger partial charge in [0.15, 0.2) is 5.82 Å². The molecule has 1 rings (SSSR count). The Morgan fingerprint density at radius 1 is 1.46 bits per heavy atom. The molecule has 1 heterocycles. The van der Waals surface area contributed by atoms with Gasteiger partial charge in [0.2, 0.25) is 0 Å². The monoisotopic (exact) mass is 317 g/mol. The van der Waals surface area contributed by atoms with E-state index in [1.54, 1.807) is 0 Å². The molecule has 0 aliphatic rings. The average molecular weight is 319 g/mol. The lowest BCUT2D eigenvalue weighted by Gasteiger charge is -2.05.